The Morgan fingerprint density at radius 2 is 0.569 bits per heavy atom. The predicted molar refractivity (Wildman–Crippen MR) is 254 cm³/mol. The Kier molecular flexibility index (Phi) is 9.75. The fraction of sp³-hybridized carbons (Fsp3) is 0.250. The molecule has 292 valence electrons. The lowest BCUT2D eigenvalue weighted by Gasteiger charge is -2.32. The molecule has 0 aliphatic heterocycles. The van der Waals surface area contributed by atoms with Crippen molar-refractivity contribution in [1.82, 2.24) is 0 Å². The zero-order valence-electron chi connectivity index (χ0n) is 36.6. The maximum absolute atomic E-state index is 2.51. The van der Waals surface area contributed by atoms with Crippen molar-refractivity contribution < 1.29 is 0 Å². The van der Waals surface area contributed by atoms with E-state index < -0.39 is 0 Å². The first-order chi connectivity index (χ1) is 27.4. The first kappa shape index (κ1) is 39.0. The average molecular weight is 759 g/mol. The number of fused-ring (bicyclic) bond motifs is 5. The van der Waals surface area contributed by atoms with Gasteiger partial charge in [-0.2, -0.15) is 0 Å². The molecule has 0 amide bonds. The van der Waals surface area contributed by atoms with Crippen molar-refractivity contribution in [1.29, 1.82) is 0 Å². The van der Waals surface area contributed by atoms with Crippen molar-refractivity contribution in [3.05, 3.63) is 178 Å². The monoisotopic (exact) mass is 758 g/mol. The topological polar surface area (TPSA) is 6.48 Å². The summed E-state index contributed by atoms with van der Waals surface area (Å²) in [6.45, 7) is 27.1. The Hall–Kier alpha value is -5.86. The number of rotatable bonds is 6. The zero-order chi connectivity index (χ0) is 41.3. The van der Waals surface area contributed by atoms with Crippen LogP contribution in [0.3, 0.4) is 0 Å². The van der Waals surface area contributed by atoms with Gasteiger partial charge in [0.2, 0.25) is 0 Å². The van der Waals surface area contributed by atoms with E-state index in [-0.39, 0.29) is 10.8 Å². The Morgan fingerprint density at radius 1 is 0.293 bits per heavy atom. The third-order valence-electron chi connectivity index (χ3n) is 11.6. The average Bonchev–Trinajstić information content (AvgIpc) is 3.13. The fourth-order valence-electron chi connectivity index (χ4n) is 8.95. The van der Waals surface area contributed by atoms with Gasteiger partial charge in [0.1, 0.15) is 0 Å². The number of anilines is 6. The van der Waals surface area contributed by atoms with E-state index in [1.54, 1.807) is 0 Å². The summed E-state index contributed by atoms with van der Waals surface area (Å²) in [4.78, 5) is 5.02. The minimum absolute atomic E-state index is 0.000333. The molecule has 0 spiro atoms. The van der Waals surface area contributed by atoms with E-state index in [0.29, 0.717) is 0 Å². The zero-order valence-corrected chi connectivity index (χ0v) is 36.6. The van der Waals surface area contributed by atoms with Crippen molar-refractivity contribution in [3.63, 3.8) is 0 Å². The Morgan fingerprint density at radius 3 is 0.879 bits per heavy atom. The van der Waals surface area contributed by atoms with Crippen molar-refractivity contribution in [2.45, 2.75) is 93.9 Å². The molecule has 0 bridgehead atoms. The maximum atomic E-state index is 2.51. The van der Waals surface area contributed by atoms with Gasteiger partial charge in [-0.3, -0.25) is 0 Å². The molecule has 0 atom stereocenters. The standard InChI is InChI=1S/C56H58N2/c1-35-21-36(2)26-43(25-35)57(45-29-39(5)23-41(31-45)55(7,8)9)53-33-51-48-18-14-16-20-50(48)54(34-52(51)47-17-13-15-19-49(47)53)58(44-27-37(3)22-38(4)28-44)46-30-40(6)24-42(32-46)56(10,11)12/h13-34H,1-12H3. The first-order valence-electron chi connectivity index (χ1n) is 20.8. The summed E-state index contributed by atoms with van der Waals surface area (Å²) in [6.07, 6.45) is 0. The normalized spacial score (nSPS) is 12.1. The minimum Gasteiger partial charge on any atom is -0.310 e. The highest BCUT2D eigenvalue weighted by atomic mass is 15.2. The van der Waals surface area contributed by atoms with E-state index in [4.69, 9.17) is 0 Å². The lowest BCUT2D eigenvalue weighted by Crippen LogP contribution is -2.16. The summed E-state index contributed by atoms with van der Waals surface area (Å²) < 4.78 is 0. The van der Waals surface area contributed by atoms with Crippen molar-refractivity contribution >= 4 is 66.4 Å². The van der Waals surface area contributed by atoms with E-state index >= 15 is 0 Å². The molecule has 8 rings (SSSR count). The molecule has 0 aliphatic carbocycles. The summed E-state index contributed by atoms with van der Waals surface area (Å²) in [5, 5.41) is 7.40. The number of hydrogen-bond acceptors (Lipinski definition) is 2. The van der Waals surface area contributed by atoms with Crippen LogP contribution in [0.1, 0.15) is 86.1 Å². The van der Waals surface area contributed by atoms with Crippen LogP contribution in [0.25, 0.3) is 32.3 Å². The van der Waals surface area contributed by atoms with Gasteiger partial charge in [-0.25, -0.2) is 0 Å². The lowest BCUT2D eigenvalue weighted by atomic mass is 9.85. The first-order valence-corrected chi connectivity index (χ1v) is 20.8. The summed E-state index contributed by atoms with van der Waals surface area (Å²) in [7, 11) is 0. The molecule has 8 aromatic carbocycles. The van der Waals surface area contributed by atoms with Crippen LogP contribution in [-0.2, 0) is 10.8 Å². The molecule has 0 heterocycles. The molecule has 58 heavy (non-hydrogen) atoms. The SMILES string of the molecule is Cc1cc(C)cc(N(c2cc(C)cc(C(C)(C)C)c2)c2cc3c4ccccc4c(N(c4cc(C)cc(C)c4)c4cc(C)cc(C(C)(C)C)c4)cc3c3ccccc23)c1. The lowest BCUT2D eigenvalue weighted by molar-refractivity contribution is 0.589. The summed E-state index contributed by atoms with van der Waals surface area (Å²) in [6, 6.07) is 51.1. The predicted octanol–water partition coefficient (Wildman–Crippen LogP) is 16.5. The van der Waals surface area contributed by atoms with Crippen molar-refractivity contribution in [3.8, 4) is 0 Å². The molecular weight excluding hydrogens is 701 g/mol. The van der Waals surface area contributed by atoms with Crippen molar-refractivity contribution in [2.24, 2.45) is 0 Å². The van der Waals surface area contributed by atoms with Gasteiger partial charge in [0, 0.05) is 33.5 Å². The molecule has 0 radical (unpaired) electrons. The Labute approximate surface area is 346 Å². The molecule has 0 N–H and O–H groups in total. The fourth-order valence-corrected chi connectivity index (χ4v) is 8.95. The molecule has 2 heteroatoms. The van der Waals surface area contributed by atoms with Crippen molar-refractivity contribution in [2.75, 3.05) is 9.80 Å². The smallest absolute Gasteiger partial charge is 0.0546 e. The van der Waals surface area contributed by atoms with E-state index in [1.807, 2.05) is 0 Å². The second-order valence-corrected chi connectivity index (χ2v) is 19.0. The molecule has 0 fully saturated rings. The highest BCUT2D eigenvalue weighted by Crippen LogP contribution is 2.49. The number of nitrogens with zero attached hydrogens (tertiary/aromatic N) is 2. The summed E-state index contributed by atoms with van der Waals surface area (Å²) in [5.41, 5.74) is 17.2. The van der Waals surface area contributed by atoms with Gasteiger partial charge < -0.3 is 9.80 Å². The third-order valence-corrected chi connectivity index (χ3v) is 11.6. The molecule has 0 saturated heterocycles. The van der Waals surface area contributed by atoms with Crippen LogP contribution in [0.5, 0.6) is 0 Å². The Balaban J connectivity index is 1.49. The van der Waals surface area contributed by atoms with Gasteiger partial charge in [-0.1, -0.05) is 114 Å². The van der Waals surface area contributed by atoms with Gasteiger partial charge in [-0.05, 0) is 179 Å². The van der Waals surface area contributed by atoms with Gasteiger partial charge in [-0.15, -0.1) is 0 Å². The van der Waals surface area contributed by atoms with Crippen LogP contribution in [0, 0.1) is 41.5 Å². The maximum Gasteiger partial charge on any atom is 0.0546 e. The molecule has 2 nitrogen and oxygen atoms in total. The van der Waals surface area contributed by atoms with Crippen LogP contribution in [0.4, 0.5) is 34.1 Å². The third kappa shape index (κ3) is 7.37. The molecule has 0 aromatic heterocycles. The van der Waals surface area contributed by atoms with E-state index in [0.717, 1.165) is 0 Å². The van der Waals surface area contributed by atoms with E-state index in [9.17, 15) is 0 Å². The van der Waals surface area contributed by atoms with E-state index in [2.05, 4.69) is 226 Å². The second kappa shape index (κ2) is 14.5. The molecule has 0 saturated carbocycles. The van der Waals surface area contributed by atoms with Crippen LogP contribution >= 0.6 is 0 Å². The van der Waals surface area contributed by atoms with Crippen LogP contribution in [0.2, 0.25) is 0 Å². The van der Waals surface area contributed by atoms with Gasteiger partial charge in [0.25, 0.3) is 0 Å². The van der Waals surface area contributed by atoms with Gasteiger partial charge >= 0.3 is 0 Å². The highest BCUT2D eigenvalue weighted by Gasteiger charge is 2.25. The number of hydrogen-bond donors (Lipinski definition) is 0. The molecule has 0 unspecified atom stereocenters. The van der Waals surface area contributed by atoms with Gasteiger partial charge in [0.05, 0.1) is 11.4 Å². The van der Waals surface area contributed by atoms with Crippen LogP contribution in [-0.4, -0.2) is 0 Å². The number of aryl methyl sites for hydroxylation is 6. The summed E-state index contributed by atoms with van der Waals surface area (Å²) >= 11 is 0. The largest absolute Gasteiger partial charge is 0.310 e. The van der Waals surface area contributed by atoms with E-state index in [1.165, 1.54) is 111 Å². The second-order valence-electron chi connectivity index (χ2n) is 19.0. The van der Waals surface area contributed by atoms with Crippen LogP contribution < -0.4 is 9.80 Å². The Bertz CT molecular complexity index is 2640. The minimum atomic E-state index is -0.000333. The summed E-state index contributed by atoms with van der Waals surface area (Å²) in [5.74, 6) is 0. The molecule has 8 aromatic rings. The quantitative estimate of drug-likeness (QED) is 0.156. The number of benzene rings is 8. The molecule has 0 aliphatic rings. The molecular formula is C56H58N2. The van der Waals surface area contributed by atoms with Crippen LogP contribution in [0.15, 0.2) is 133 Å². The van der Waals surface area contributed by atoms with Gasteiger partial charge in [0.15, 0.2) is 0 Å². The highest BCUT2D eigenvalue weighted by molar-refractivity contribution is 6.24.